The lowest BCUT2D eigenvalue weighted by atomic mass is 10.2. The predicted molar refractivity (Wildman–Crippen MR) is 121 cm³/mol. The number of hydrogen-bond donors (Lipinski definition) is 3. The number of thiocarbonyl (C=S) groups is 1. The van der Waals surface area contributed by atoms with E-state index in [1.165, 1.54) is 0 Å². The van der Waals surface area contributed by atoms with Crippen LogP contribution in [-0.4, -0.2) is 16.9 Å². The minimum atomic E-state index is -0.358. The van der Waals surface area contributed by atoms with Crippen molar-refractivity contribution < 1.29 is 14.0 Å². The van der Waals surface area contributed by atoms with E-state index in [-0.39, 0.29) is 22.7 Å². The smallest absolute Gasteiger partial charge is 0.291 e. The molecule has 2 amide bonds. The number of fused-ring (bicyclic) bond motifs is 1. The Kier molecular flexibility index (Phi) is 5.54. The van der Waals surface area contributed by atoms with Gasteiger partial charge >= 0.3 is 0 Å². The molecule has 0 aliphatic carbocycles. The highest BCUT2D eigenvalue weighted by atomic mass is 32.1. The van der Waals surface area contributed by atoms with Gasteiger partial charge in [0.05, 0.1) is 0 Å². The van der Waals surface area contributed by atoms with E-state index in [9.17, 15) is 9.59 Å². The van der Waals surface area contributed by atoms with Gasteiger partial charge in [0.15, 0.2) is 10.9 Å². The zero-order valence-corrected chi connectivity index (χ0v) is 16.5. The number of furan rings is 1. The van der Waals surface area contributed by atoms with Crippen molar-refractivity contribution in [3.05, 3.63) is 96.3 Å². The Morgan fingerprint density at radius 3 is 2.20 bits per heavy atom. The minimum Gasteiger partial charge on any atom is -0.451 e. The van der Waals surface area contributed by atoms with Crippen molar-refractivity contribution in [2.75, 3.05) is 10.6 Å². The van der Waals surface area contributed by atoms with Crippen LogP contribution < -0.4 is 16.0 Å². The van der Waals surface area contributed by atoms with Crippen LogP contribution in [0.1, 0.15) is 20.9 Å². The number of hydrogen-bond acceptors (Lipinski definition) is 4. The molecular weight excluding hydrogens is 398 g/mol. The number of rotatable bonds is 4. The molecule has 4 rings (SSSR count). The first-order valence-corrected chi connectivity index (χ1v) is 9.57. The predicted octanol–water partition coefficient (Wildman–Crippen LogP) is 4.81. The van der Waals surface area contributed by atoms with Gasteiger partial charge in [0.2, 0.25) is 0 Å². The van der Waals surface area contributed by atoms with E-state index in [0.717, 1.165) is 5.39 Å². The molecule has 0 aliphatic rings. The summed E-state index contributed by atoms with van der Waals surface area (Å²) in [5.74, 6) is -0.439. The van der Waals surface area contributed by atoms with E-state index in [0.29, 0.717) is 22.5 Å². The lowest BCUT2D eigenvalue weighted by Crippen LogP contribution is -2.34. The van der Waals surface area contributed by atoms with Gasteiger partial charge in [-0.25, -0.2) is 0 Å². The fourth-order valence-electron chi connectivity index (χ4n) is 2.89. The fourth-order valence-corrected chi connectivity index (χ4v) is 3.10. The van der Waals surface area contributed by atoms with Gasteiger partial charge in [0, 0.05) is 22.3 Å². The quantitative estimate of drug-likeness (QED) is 0.417. The highest BCUT2D eigenvalue weighted by Crippen LogP contribution is 2.21. The third kappa shape index (κ3) is 4.53. The molecule has 4 aromatic rings. The van der Waals surface area contributed by atoms with E-state index in [1.807, 2.05) is 24.3 Å². The molecule has 6 nitrogen and oxygen atoms in total. The first kappa shape index (κ1) is 19.4. The molecule has 3 aromatic carbocycles. The van der Waals surface area contributed by atoms with Crippen LogP contribution in [0.3, 0.4) is 0 Å². The van der Waals surface area contributed by atoms with Crippen LogP contribution in [0.25, 0.3) is 11.0 Å². The molecule has 148 valence electrons. The molecule has 0 radical (unpaired) electrons. The average Bonchev–Trinajstić information content (AvgIpc) is 3.19. The van der Waals surface area contributed by atoms with Gasteiger partial charge in [-0.2, -0.15) is 0 Å². The Balaban J connectivity index is 1.40. The molecule has 1 aromatic heterocycles. The van der Waals surface area contributed by atoms with Crippen molar-refractivity contribution in [2.45, 2.75) is 0 Å². The molecule has 0 saturated heterocycles. The standard InChI is InChI=1S/C23H17N3O3S/c27-21(15-7-2-1-3-8-15)26-23(30)25-18-11-6-10-17(14-18)24-22(28)20-13-16-9-4-5-12-19(16)29-20/h1-14H,(H,24,28)(H2,25,26,27,30). The number of amides is 2. The van der Waals surface area contributed by atoms with Gasteiger partial charge in [-0.1, -0.05) is 42.5 Å². The topological polar surface area (TPSA) is 83.4 Å². The highest BCUT2D eigenvalue weighted by molar-refractivity contribution is 7.80. The normalized spacial score (nSPS) is 10.4. The van der Waals surface area contributed by atoms with Crippen LogP contribution in [0, 0.1) is 0 Å². The van der Waals surface area contributed by atoms with E-state index in [1.54, 1.807) is 60.7 Å². The molecule has 0 fully saturated rings. The maximum Gasteiger partial charge on any atom is 0.291 e. The van der Waals surface area contributed by atoms with Crippen molar-refractivity contribution in [1.29, 1.82) is 0 Å². The summed E-state index contributed by atoms with van der Waals surface area (Å²) in [6, 6.07) is 24.9. The summed E-state index contributed by atoms with van der Waals surface area (Å²) < 4.78 is 5.59. The zero-order chi connectivity index (χ0) is 20.9. The number of carbonyl (C=O) groups excluding carboxylic acids is 2. The van der Waals surface area contributed by atoms with Crippen LogP contribution in [0.5, 0.6) is 0 Å². The lowest BCUT2D eigenvalue weighted by molar-refractivity contribution is 0.0975. The molecule has 30 heavy (non-hydrogen) atoms. The molecule has 0 atom stereocenters. The van der Waals surface area contributed by atoms with E-state index < -0.39 is 0 Å². The van der Waals surface area contributed by atoms with Crippen molar-refractivity contribution in [2.24, 2.45) is 0 Å². The Labute approximate surface area is 177 Å². The molecule has 3 N–H and O–H groups in total. The third-order valence-corrected chi connectivity index (χ3v) is 4.49. The fraction of sp³-hybridized carbons (Fsp3) is 0. The van der Waals surface area contributed by atoms with E-state index in [4.69, 9.17) is 16.6 Å². The average molecular weight is 415 g/mol. The Hall–Kier alpha value is -3.97. The number of benzene rings is 3. The van der Waals surface area contributed by atoms with E-state index >= 15 is 0 Å². The zero-order valence-electron chi connectivity index (χ0n) is 15.7. The van der Waals surface area contributed by atoms with Crippen LogP contribution in [0.4, 0.5) is 11.4 Å². The summed E-state index contributed by atoms with van der Waals surface area (Å²) >= 11 is 5.21. The van der Waals surface area contributed by atoms with Crippen LogP contribution in [-0.2, 0) is 0 Å². The second kappa shape index (κ2) is 8.59. The highest BCUT2D eigenvalue weighted by Gasteiger charge is 2.13. The summed E-state index contributed by atoms with van der Waals surface area (Å²) in [6.07, 6.45) is 0. The monoisotopic (exact) mass is 415 g/mol. The maximum absolute atomic E-state index is 12.5. The summed E-state index contributed by atoms with van der Waals surface area (Å²) in [6.45, 7) is 0. The molecule has 0 unspecified atom stereocenters. The maximum atomic E-state index is 12.5. The van der Waals surface area contributed by atoms with Gasteiger partial charge in [-0.3, -0.25) is 14.9 Å². The summed E-state index contributed by atoms with van der Waals surface area (Å²) in [7, 11) is 0. The third-order valence-electron chi connectivity index (χ3n) is 4.29. The summed E-state index contributed by atoms with van der Waals surface area (Å²) in [5.41, 5.74) is 2.34. The first-order chi connectivity index (χ1) is 14.6. The van der Waals surface area contributed by atoms with Gasteiger partial charge in [-0.15, -0.1) is 0 Å². The molecule has 0 saturated carbocycles. The molecule has 0 aliphatic heterocycles. The van der Waals surface area contributed by atoms with Crippen LogP contribution in [0.2, 0.25) is 0 Å². The SMILES string of the molecule is O=C(NC(=S)Nc1cccc(NC(=O)c2cc3ccccc3o2)c1)c1ccccc1. The largest absolute Gasteiger partial charge is 0.451 e. The van der Waals surface area contributed by atoms with Crippen LogP contribution >= 0.6 is 12.2 Å². The second-order valence-electron chi connectivity index (χ2n) is 6.46. The van der Waals surface area contributed by atoms with Crippen LogP contribution in [0.15, 0.2) is 89.3 Å². The molecule has 0 bridgehead atoms. The Morgan fingerprint density at radius 2 is 1.43 bits per heavy atom. The van der Waals surface area contributed by atoms with Gasteiger partial charge in [0.25, 0.3) is 11.8 Å². The molecule has 0 spiro atoms. The second-order valence-corrected chi connectivity index (χ2v) is 6.87. The van der Waals surface area contributed by atoms with Gasteiger partial charge in [-0.05, 0) is 54.7 Å². The molecule has 7 heteroatoms. The summed E-state index contributed by atoms with van der Waals surface area (Å²) in [4.78, 5) is 24.7. The van der Waals surface area contributed by atoms with E-state index in [2.05, 4.69) is 16.0 Å². The molecule has 1 heterocycles. The first-order valence-electron chi connectivity index (χ1n) is 9.16. The Morgan fingerprint density at radius 1 is 0.733 bits per heavy atom. The number of para-hydroxylation sites is 1. The summed E-state index contributed by atoms with van der Waals surface area (Å²) in [5, 5.41) is 9.38. The van der Waals surface area contributed by atoms with Crippen molar-refractivity contribution >= 4 is 51.5 Å². The van der Waals surface area contributed by atoms with Crippen molar-refractivity contribution in [1.82, 2.24) is 5.32 Å². The van der Waals surface area contributed by atoms with Crippen molar-refractivity contribution in [3.8, 4) is 0 Å². The van der Waals surface area contributed by atoms with Gasteiger partial charge in [0.1, 0.15) is 5.58 Å². The lowest BCUT2D eigenvalue weighted by Gasteiger charge is -2.11. The number of anilines is 2. The van der Waals surface area contributed by atoms with Crippen molar-refractivity contribution in [3.63, 3.8) is 0 Å². The Bertz CT molecular complexity index is 1200. The number of nitrogens with one attached hydrogen (secondary N) is 3. The van der Waals surface area contributed by atoms with Gasteiger partial charge < -0.3 is 15.1 Å². The number of carbonyl (C=O) groups is 2. The minimum absolute atomic E-state index is 0.157. The molecular formula is C23H17N3O3S.